The Labute approximate surface area is 109 Å². The lowest BCUT2D eigenvalue weighted by atomic mass is 10.6. The van der Waals surface area contributed by atoms with E-state index in [4.69, 9.17) is 18.9 Å². The van der Waals surface area contributed by atoms with E-state index in [1.54, 1.807) is 12.5 Å². The van der Waals surface area contributed by atoms with Gasteiger partial charge in [0.05, 0.1) is 39.6 Å². The van der Waals surface area contributed by atoms with Crippen molar-refractivity contribution in [2.45, 2.75) is 0 Å². The molecule has 1 rings (SSSR count). The second-order valence-electron chi connectivity index (χ2n) is 3.74. The first-order chi connectivity index (χ1) is 9.00. The van der Waals surface area contributed by atoms with Crippen LogP contribution in [0.1, 0.15) is 0 Å². The van der Waals surface area contributed by atoms with Crippen molar-refractivity contribution in [1.82, 2.24) is 10.6 Å². The molecule has 0 amide bonds. The molecule has 1 heterocycles. The van der Waals surface area contributed by atoms with Gasteiger partial charge in [-0.1, -0.05) is 0 Å². The summed E-state index contributed by atoms with van der Waals surface area (Å²) in [5.74, 6) is 0. The molecule has 0 aromatic rings. The Morgan fingerprint density at radius 3 is 1.50 bits per heavy atom. The summed E-state index contributed by atoms with van der Waals surface area (Å²) in [6.07, 6.45) is 3.15. The predicted octanol–water partition coefficient (Wildman–Crippen LogP) is -0.283. The lowest BCUT2D eigenvalue weighted by Gasteiger charge is -2.08. The van der Waals surface area contributed by atoms with E-state index in [9.17, 15) is 0 Å². The minimum absolute atomic E-state index is 0.626. The van der Waals surface area contributed by atoms with Crippen LogP contribution in [0.4, 0.5) is 0 Å². The van der Waals surface area contributed by atoms with Gasteiger partial charge >= 0.3 is 0 Å². The Bertz CT molecular complexity index is 183. The third kappa shape index (κ3) is 10.3. The summed E-state index contributed by atoms with van der Waals surface area (Å²) in [7, 11) is 0. The molecule has 1 aliphatic heterocycles. The highest BCUT2D eigenvalue weighted by Gasteiger charge is 1.92. The summed E-state index contributed by atoms with van der Waals surface area (Å²) < 4.78 is 21.3. The quantitative estimate of drug-likeness (QED) is 0.624. The summed E-state index contributed by atoms with van der Waals surface area (Å²) >= 11 is 0. The van der Waals surface area contributed by atoms with Gasteiger partial charge in [-0.25, -0.2) is 0 Å². The summed E-state index contributed by atoms with van der Waals surface area (Å²) in [4.78, 5) is 0. The van der Waals surface area contributed by atoms with E-state index >= 15 is 0 Å². The van der Waals surface area contributed by atoms with Gasteiger partial charge in [0.1, 0.15) is 12.5 Å². The SMILES string of the molecule is C1=COCCNCCOCCOCCNCCO1. The fourth-order valence-corrected chi connectivity index (χ4v) is 1.34. The smallest absolute Gasteiger partial charge is 0.117 e. The highest BCUT2D eigenvalue weighted by atomic mass is 16.5. The lowest BCUT2D eigenvalue weighted by Crippen LogP contribution is -2.25. The highest BCUT2D eigenvalue weighted by Crippen LogP contribution is 1.82. The third-order valence-corrected chi connectivity index (χ3v) is 2.26. The molecule has 0 aliphatic carbocycles. The van der Waals surface area contributed by atoms with Gasteiger partial charge in [-0.2, -0.15) is 0 Å². The maximum atomic E-state index is 5.40. The largest absolute Gasteiger partial charge is 0.497 e. The zero-order valence-electron chi connectivity index (χ0n) is 10.9. The number of nitrogens with one attached hydrogen (secondary N) is 2. The standard InChI is InChI=1S/C12H24N2O4/c1-5-15-9-10-17-7-3-14-4-8-18-12-11-16-6-2-13-1/h9-10,13-14H,1-8,11-12H2. The minimum atomic E-state index is 0.626. The lowest BCUT2D eigenvalue weighted by molar-refractivity contribution is 0.0492. The van der Waals surface area contributed by atoms with Gasteiger partial charge < -0.3 is 29.6 Å². The summed E-state index contributed by atoms with van der Waals surface area (Å²) in [6, 6.07) is 0. The normalized spacial score (nSPS) is 22.2. The fourth-order valence-electron chi connectivity index (χ4n) is 1.34. The van der Waals surface area contributed by atoms with Gasteiger partial charge in [0.2, 0.25) is 0 Å². The number of ether oxygens (including phenoxy) is 4. The molecule has 0 atom stereocenters. The topological polar surface area (TPSA) is 61.0 Å². The van der Waals surface area contributed by atoms with Crippen LogP contribution >= 0.6 is 0 Å². The van der Waals surface area contributed by atoms with E-state index in [2.05, 4.69) is 10.6 Å². The second kappa shape index (κ2) is 12.6. The fraction of sp³-hybridized carbons (Fsp3) is 0.833. The average molecular weight is 260 g/mol. The Kier molecular flexibility index (Phi) is 10.7. The molecule has 0 saturated carbocycles. The first kappa shape index (κ1) is 15.2. The van der Waals surface area contributed by atoms with Crippen LogP contribution in [-0.4, -0.2) is 65.8 Å². The molecule has 0 unspecified atom stereocenters. The van der Waals surface area contributed by atoms with Crippen molar-refractivity contribution in [3.8, 4) is 0 Å². The van der Waals surface area contributed by atoms with Crippen LogP contribution in [0.15, 0.2) is 12.5 Å². The average Bonchev–Trinajstić information content (AvgIpc) is 2.39. The molecule has 0 bridgehead atoms. The molecule has 6 heteroatoms. The Balaban J connectivity index is 2.06. The van der Waals surface area contributed by atoms with Gasteiger partial charge in [0, 0.05) is 26.2 Å². The molecular weight excluding hydrogens is 236 g/mol. The van der Waals surface area contributed by atoms with Crippen molar-refractivity contribution in [3.05, 3.63) is 12.5 Å². The summed E-state index contributed by atoms with van der Waals surface area (Å²) in [5.41, 5.74) is 0. The molecule has 0 spiro atoms. The van der Waals surface area contributed by atoms with E-state index < -0.39 is 0 Å². The Morgan fingerprint density at radius 1 is 0.556 bits per heavy atom. The van der Waals surface area contributed by atoms with Crippen LogP contribution in [0.25, 0.3) is 0 Å². The van der Waals surface area contributed by atoms with Crippen LogP contribution in [0.2, 0.25) is 0 Å². The Morgan fingerprint density at radius 2 is 1.00 bits per heavy atom. The molecule has 0 radical (unpaired) electrons. The zero-order chi connectivity index (χ0) is 12.7. The van der Waals surface area contributed by atoms with Crippen molar-refractivity contribution < 1.29 is 18.9 Å². The number of hydrogen-bond acceptors (Lipinski definition) is 6. The van der Waals surface area contributed by atoms with Crippen molar-refractivity contribution in [2.24, 2.45) is 0 Å². The molecule has 6 nitrogen and oxygen atoms in total. The molecule has 2 N–H and O–H groups in total. The summed E-state index contributed by atoms with van der Waals surface area (Å²) in [6.45, 7) is 7.17. The predicted molar refractivity (Wildman–Crippen MR) is 68.4 cm³/mol. The monoisotopic (exact) mass is 260 g/mol. The molecule has 18 heavy (non-hydrogen) atoms. The summed E-state index contributed by atoms with van der Waals surface area (Å²) in [5, 5.41) is 6.43. The van der Waals surface area contributed by atoms with Crippen LogP contribution < -0.4 is 10.6 Å². The van der Waals surface area contributed by atoms with E-state index in [1.165, 1.54) is 0 Å². The molecular formula is C12H24N2O4. The van der Waals surface area contributed by atoms with E-state index in [0.717, 1.165) is 26.2 Å². The van der Waals surface area contributed by atoms with Gasteiger partial charge in [-0.3, -0.25) is 0 Å². The van der Waals surface area contributed by atoms with Crippen molar-refractivity contribution in [1.29, 1.82) is 0 Å². The van der Waals surface area contributed by atoms with Gasteiger partial charge in [0.15, 0.2) is 0 Å². The van der Waals surface area contributed by atoms with E-state index in [-0.39, 0.29) is 0 Å². The number of rotatable bonds is 0. The van der Waals surface area contributed by atoms with Gasteiger partial charge in [-0.05, 0) is 0 Å². The Hall–Kier alpha value is -0.820. The first-order valence-corrected chi connectivity index (χ1v) is 6.45. The molecule has 0 fully saturated rings. The maximum absolute atomic E-state index is 5.40. The first-order valence-electron chi connectivity index (χ1n) is 6.45. The molecule has 106 valence electrons. The zero-order valence-corrected chi connectivity index (χ0v) is 10.9. The van der Waals surface area contributed by atoms with Crippen LogP contribution in [-0.2, 0) is 18.9 Å². The number of hydrogen-bond donors (Lipinski definition) is 2. The van der Waals surface area contributed by atoms with Crippen LogP contribution in [0, 0.1) is 0 Å². The van der Waals surface area contributed by atoms with Crippen molar-refractivity contribution >= 4 is 0 Å². The maximum Gasteiger partial charge on any atom is 0.117 e. The van der Waals surface area contributed by atoms with Crippen LogP contribution in [0.5, 0.6) is 0 Å². The van der Waals surface area contributed by atoms with Crippen LogP contribution in [0.3, 0.4) is 0 Å². The molecule has 0 aromatic carbocycles. The molecule has 1 aliphatic rings. The van der Waals surface area contributed by atoms with E-state index in [1.807, 2.05) is 0 Å². The molecule has 0 aromatic heterocycles. The van der Waals surface area contributed by atoms with Gasteiger partial charge in [-0.15, -0.1) is 0 Å². The van der Waals surface area contributed by atoms with E-state index in [0.29, 0.717) is 39.6 Å². The van der Waals surface area contributed by atoms with Crippen molar-refractivity contribution in [2.75, 3.05) is 65.8 Å². The second-order valence-corrected chi connectivity index (χ2v) is 3.74. The third-order valence-electron chi connectivity index (χ3n) is 2.26. The highest BCUT2D eigenvalue weighted by molar-refractivity contribution is 4.62. The van der Waals surface area contributed by atoms with Gasteiger partial charge in [0.25, 0.3) is 0 Å². The van der Waals surface area contributed by atoms with Crippen molar-refractivity contribution in [3.63, 3.8) is 0 Å². The minimum Gasteiger partial charge on any atom is -0.497 e. The molecule has 0 saturated heterocycles.